The van der Waals surface area contributed by atoms with E-state index in [0.29, 0.717) is 10.2 Å². The molecule has 1 N–H and O–H groups in total. The quantitative estimate of drug-likeness (QED) is 0.288. The molecule has 1 amide bonds. The first-order chi connectivity index (χ1) is 16.9. The summed E-state index contributed by atoms with van der Waals surface area (Å²) in [6, 6.07) is 15.4. The Labute approximate surface area is 208 Å². The van der Waals surface area contributed by atoms with Gasteiger partial charge in [0, 0.05) is 22.7 Å². The normalized spacial score (nSPS) is 12.4. The predicted molar refractivity (Wildman–Crippen MR) is 134 cm³/mol. The number of rotatable bonds is 3. The summed E-state index contributed by atoms with van der Waals surface area (Å²) < 4.78 is 42.9. The van der Waals surface area contributed by atoms with E-state index in [2.05, 4.69) is 26.4 Å². The highest BCUT2D eigenvalue weighted by Gasteiger charge is 2.36. The number of halogens is 3. The summed E-state index contributed by atoms with van der Waals surface area (Å²) in [6.07, 6.45) is -4.66. The number of hydrogen-bond donors (Lipinski definition) is 1. The largest absolute Gasteiger partial charge is 0.433 e. The third kappa shape index (κ3) is 4.56. The van der Waals surface area contributed by atoms with Crippen LogP contribution in [-0.4, -0.2) is 25.5 Å². The van der Waals surface area contributed by atoms with Crippen LogP contribution in [0.3, 0.4) is 0 Å². The Hall–Kier alpha value is -3.79. The maximum atomic E-state index is 13.7. The molecule has 5 aromatic rings. The van der Waals surface area contributed by atoms with Gasteiger partial charge in [0.05, 0.1) is 15.9 Å². The van der Waals surface area contributed by atoms with E-state index in [-0.39, 0.29) is 17.0 Å². The monoisotopic (exact) mass is 509 g/mol. The number of amides is 1. The molecule has 0 fully saturated rings. The Balaban J connectivity index is 1.41. The molecule has 3 aromatic heterocycles. The second-order valence-corrected chi connectivity index (χ2v) is 10.6. The molecule has 6 nitrogen and oxygen atoms in total. The van der Waals surface area contributed by atoms with Crippen LogP contribution in [0.25, 0.3) is 26.4 Å². The van der Waals surface area contributed by atoms with Gasteiger partial charge in [-0.05, 0) is 55.0 Å². The summed E-state index contributed by atoms with van der Waals surface area (Å²) in [4.78, 5) is 21.8. The number of hydrogen-bond acceptors (Lipinski definition) is 5. The number of carbonyl (C=O) groups is 1. The molecule has 0 aliphatic rings. The molecule has 3 heterocycles. The minimum absolute atomic E-state index is 0.0404. The van der Waals surface area contributed by atoms with Gasteiger partial charge < -0.3 is 5.32 Å². The minimum Gasteiger partial charge on any atom is -0.321 e. The predicted octanol–water partition coefficient (Wildman–Crippen LogP) is 6.88. The van der Waals surface area contributed by atoms with E-state index in [4.69, 9.17) is 0 Å². The van der Waals surface area contributed by atoms with E-state index in [1.54, 1.807) is 44.2 Å². The van der Waals surface area contributed by atoms with Gasteiger partial charge in [0.1, 0.15) is 10.7 Å². The van der Waals surface area contributed by atoms with Crippen LogP contribution in [0.15, 0.2) is 54.6 Å². The van der Waals surface area contributed by atoms with Crippen molar-refractivity contribution < 1.29 is 18.0 Å². The SMILES string of the molecule is Cc1ccc2nc(-c3ccc(NC(=O)c4cc5nc(C(C)(C)C)cc(C(F)(F)F)n5n4)cc3)sc2c1. The number of carbonyl (C=O) groups excluding carboxylic acids is 1. The van der Waals surface area contributed by atoms with Crippen LogP contribution >= 0.6 is 11.3 Å². The zero-order valence-electron chi connectivity index (χ0n) is 19.9. The van der Waals surface area contributed by atoms with E-state index >= 15 is 0 Å². The van der Waals surface area contributed by atoms with Crippen molar-refractivity contribution in [3.05, 3.63) is 77.2 Å². The van der Waals surface area contributed by atoms with Gasteiger partial charge in [0.25, 0.3) is 5.91 Å². The second kappa shape index (κ2) is 8.41. The summed E-state index contributed by atoms with van der Waals surface area (Å²) in [7, 11) is 0. The van der Waals surface area contributed by atoms with Gasteiger partial charge in [0.2, 0.25) is 0 Å². The van der Waals surface area contributed by atoms with Crippen molar-refractivity contribution in [2.45, 2.75) is 39.3 Å². The molecule has 0 bridgehead atoms. The fraction of sp³-hybridized carbons (Fsp3) is 0.231. The Morgan fingerprint density at radius 1 is 0.972 bits per heavy atom. The van der Waals surface area contributed by atoms with Crippen LogP contribution in [0.5, 0.6) is 0 Å². The van der Waals surface area contributed by atoms with Crippen molar-refractivity contribution in [1.29, 1.82) is 0 Å². The Morgan fingerprint density at radius 3 is 2.36 bits per heavy atom. The number of aryl methyl sites for hydroxylation is 1. The first-order valence-corrected chi connectivity index (χ1v) is 12.0. The van der Waals surface area contributed by atoms with Crippen molar-refractivity contribution in [2.75, 3.05) is 5.32 Å². The molecule has 0 saturated carbocycles. The lowest BCUT2D eigenvalue weighted by atomic mass is 9.91. The summed E-state index contributed by atoms with van der Waals surface area (Å²) in [5.41, 5.74) is 1.93. The Morgan fingerprint density at radius 2 is 1.69 bits per heavy atom. The number of fused-ring (bicyclic) bond motifs is 2. The maximum Gasteiger partial charge on any atom is 0.433 e. The third-order valence-electron chi connectivity index (χ3n) is 5.65. The summed E-state index contributed by atoms with van der Waals surface area (Å²) in [6.45, 7) is 7.35. The van der Waals surface area contributed by atoms with Crippen LogP contribution < -0.4 is 5.32 Å². The lowest BCUT2D eigenvalue weighted by Crippen LogP contribution is -2.20. The van der Waals surface area contributed by atoms with Gasteiger partial charge in [0.15, 0.2) is 11.3 Å². The molecule has 0 aliphatic carbocycles. The van der Waals surface area contributed by atoms with Crippen LogP contribution in [0.1, 0.15) is 48.2 Å². The average molecular weight is 510 g/mol. The molecular weight excluding hydrogens is 487 g/mol. The number of nitrogens with one attached hydrogen (secondary N) is 1. The molecule has 0 aliphatic heterocycles. The number of thiazole rings is 1. The molecule has 0 atom stereocenters. The molecule has 0 spiro atoms. The summed E-state index contributed by atoms with van der Waals surface area (Å²) >= 11 is 1.58. The van der Waals surface area contributed by atoms with Crippen LogP contribution in [-0.2, 0) is 11.6 Å². The Bertz CT molecular complexity index is 1610. The van der Waals surface area contributed by atoms with Gasteiger partial charge in [-0.25, -0.2) is 14.5 Å². The lowest BCUT2D eigenvalue weighted by Gasteiger charge is -2.19. The second-order valence-electron chi connectivity index (χ2n) is 9.60. The molecule has 10 heteroatoms. The van der Waals surface area contributed by atoms with Gasteiger partial charge in [-0.1, -0.05) is 26.8 Å². The van der Waals surface area contributed by atoms with E-state index in [1.807, 2.05) is 31.2 Å². The van der Waals surface area contributed by atoms with Crippen molar-refractivity contribution in [3.8, 4) is 10.6 Å². The number of anilines is 1. The first kappa shape index (κ1) is 23.9. The Kier molecular flexibility index (Phi) is 5.59. The molecule has 2 aromatic carbocycles. The number of benzene rings is 2. The molecule has 0 saturated heterocycles. The molecule has 0 unspecified atom stereocenters. The van der Waals surface area contributed by atoms with Gasteiger partial charge in [-0.2, -0.15) is 18.3 Å². The minimum atomic E-state index is -4.66. The zero-order valence-corrected chi connectivity index (χ0v) is 20.8. The van der Waals surface area contributed by atoms with Crippen molar-refractivity contribution >= 4 is 38.8 Å². The topological polar surface area (TPSA) is 72.2 Å². The highest BCUT2D eigenvalue weighted by atomic mass is 32.1. The van der Waals surface area contributed by atoms with Crippen LogP contribution in [0, 0.1) is 6.92 Å². The summed E-state index contributed by atoms with van der Waals surface area (Å²) in [5.74, 6) is -0.630. The first-order valence-electron chi connectivity index (χ1n) is 11.2. The molecule has 0 radical (unpaired) electrons. The fourth-order valence-electron chi connectivity index (χ4n) is 3.72. The van der Waals surface area contributed by atoms with Crippen molar-refractivity contribution in [2.24, 2.45) is 0 Å². The number of alkyl halides is 3. The fourth-order valence-corrected chi connectivity index (χ4v) is 4.79. The van der Waals surface area contributed by atoms with E-state index in [9.17, 15) is 18.0 Å². The molecule has 184 valence electrons. The third-order valence-corrected chi connectivity index (χ3v) is 6.72. The zero-order chi connectivity index (χ0) is 25.8. The van der Waals surface area contributed by atoms with E-state index in [0.717, 1.165) is 32.4 Å². The van der Waals surface area contributed by atoms with Crippen molar-refractivity contribution in [1.82, 2.24) is 19.6 Å². The molecule has 5 rings (SSSR count). The highest BCUT2D eigenvalue weighted by molar-refractivity contribution is 7.21. The van der Waals surface area contributed by atoms with Crippen LogP contribution in [0.2, 0.25) is 0 Å². The highest BCUT2D eigenvalue weighted by Crippen LogP contribution is 2.33. The number of nitrogens with zero attached hydrogens (tertiary/aromatic N) is 4. The maximum absolute atomic E-state index is 13.7. The van der Waals surface area contributed by atoms with Gasteiger partial charge >= 0.3 is 6.18 Å². The number of aromatic nitrogens is 4. The van der Waals surface area contributed by atoms with Gasteiger partial charge in [-0.3, -0.25) is 4.79 Å². The standard InChI is InChI=1S/C26H22F3N5OS/c1-14-5-10-17-19(11-14)36-24(31-17)15-6-8-16(9-7-15)30-23(35)18-12-22-32-20(25(2,3)4)13-21(26(27,28)29)34(22)33-18/h5-13H,1-4H3,(H,30,35). The van der Waals surface area contributed by atoms with E-state index in [1.165, 1.54) is 6.07 Å². The lowest BCUT2D eigenvalue weighted by molar-refractivity contribution is -0.142. The molecule has 36 heavy (non-hydrogen) atoms. The van der Waals surface area contributed by atoms with Crippen LogP contribution in [0.4, 0.5) is 18.9 Å². The van der Waals surface area contributed by atoms with Gasteiger partial charge in [-0.15, -0.1) is 11.3 Å². The van der Waals surface area contributed by atoms with E-state index < -0.39 is 23.2 Å². The summed E-state index contributed by atoms with van der Waals surface area (Å²) in [5, 5.41) is 7.46. The molecular formula is C26H22F3N5OS. The van der Waals surface area contributed by atoms with Crippen molar-refractivity contribution in [3.63, 3.8) is 0 Å². The smallest absolute Gasteiger partial charge is 0.321 e. The average Bonchev–Trinajstić information content (AvgIpc) is 3.41.